The van der Waals surface area contributed by atoms with Gasteiger partial charge in [0, 0.05) is 26.1 Å². The predicted molar refractivity (Wildman–Crippen MR) is 84.9 cm³/mol. The average molecular weight is 290 g/mol. The number of rotatable bonds is 9. The molecule has 0 aliphatic rings. The van der Waals surface area contributed by atoms with E-state index in [2.05, 4.69) is 12.2 Å². The van der Waals surface area contributed by atoms with Crippen LogP contribution in [0.2, 0.25) is 0 Å². The number of hydrogen-bond acceptors (Lipinski definition) is 2. The quantitative estimate of drug-likeness (QED) is 0.759. The number of nitrogens with one attached hydrogen (secondary N) is 1. The van der Waals surface area contributed by atoms with E-state index in [1.807, 2.05) is 42.2 Å². The molecule has 0 aliphatic heterocycles. The fourth-order valence-corrected chi connectivity index (χ4v) is 2.12. The minimum atomic E-state index is -0.0365. The molecule has 1 rings (SSSR count). The first kappa shape index (κ1) is 17.2. The molecule has 0 bridgehead atoms. The van der Waals surface area contributed by atoms with Crippen molar-refractivity contribution in [2.24, 2.45) is 0 Å². The van der Waals surface area contributed by atoms with Gasteiger partial charge in [-0.1, -0.05) is 43.7 Å². The van der Waals surface area contributed by atoms with Gasteiger partial charge in [-0.25, -0.2) is 0 Å². The molecule has 0 saturated carbocycles. The molecule has 0 aromatic heterocycles. The van der Waals surface area contributed by atoms with Crippen LogP contribution in [-0.2, 0) is 16.0 Å². The molecule has 1 aromatic carbocycles. The average Bonchev–Trinajstić information content (AvgIpc) is 2.49. The van der Waals surface area contributed by atoms with E-state index in [4.69, 9.17) is 0 Å². The third-order valence-electron chi connectivity index (χ3n) is 3.38. The first-order valence-corrected chi connectivity index (χ1v) is 7.75. The van der Waals surface area contributed by atoms with Crippen LogP contribution in [0.3, 0.4) is 0 Å². The van der Waals surface area contributed by atoms with Crippen LogP contribution in [-0.4, -0.2) is 36.3 Å². The Balaban J connectivity index is 2.25. The zero-order chi connectivity index (χ0) is 15.5. The summed E-state index contributed by atoms with van der Waals surface area (Å²) in [5.41, 5.74) is 0.986. The number of nitrogens with zero attached hydrogens (tertiary/aromatic N) is 1. The second-order valence-electron chi connectivity index (χ2n) is 5.09. The molecule has 0 atom stereocenters. The summed E-state index contributed by atoms with van der Waals surface area (Å²) in [4.78, 5) is 25.6. The lowest BCUT2D eigenvalue weighted by Gasteiger charge is -2.20. The number of amides is 2. The van der Waals surface area contributed by atoms with Crippen LogP contribution in [0.4, 0.5) is 0 Å². The van der Waals surface area contributed by atoms with Crippen molar-refractivity contribution < 1.29 is 9.59 Å². The SMILES string of the molecule is CCCCN(CC)C(=O)CCNC(=O)Cc1ccccc1. The van der Waals surface area contributed by atoms with Gasteiger partial charge in [0.2, 0.25) is 11.8 Å². The largest absolute Gasteiger partial charge is 0.355 e. The molecule has 2 amide bonds. The van der Waals surface area contributed by atoms with E-state index in [1.54, 1.807) is 0 Å². The molecule has 21 heavy (non-hydrogen) atoms. The monoisotopic (exact) mass is 290 g/mol. The summed E-state index contributed by atoms with van der Waals surface area (Å²) >= 11 is 0. The van der Waals surface area contributed by atoms with Crippen LogP contribution >= 0.6 is 0 Å². The number of carbonyl (C=O) groups is 2. The Labute approximate surface area is 127 Å². The maximum Gasteiger partial charge on any atom is 0.224 e. The van der Waals surface area contributed by atoms with E-state index in [-0.39, 0.29) is 11.8 Å². The highest BCUT2D eigenvalue weighted by Gasteiger charge is 2.11. The fraction of sp³-hybridized carbons (Fsp3) is 0.529. The zero-order valence-electron chi connectivity index (χ0n) is 13.1. The lowest BCUT2D eigenvalue weighted by Crippen LogP contribution is -2.35. The van der Waals surface area contributed by atoms with Crippen molar-refractivity contribution in [3.63, 3.8) is 0 Å². The number of carbonyl (C=O) groups excluding carboxylic acids is 2. The van der Waals surface area contributed by atoms with E-state index in [9.17, 15) is 9.59 Å². The fourth-order valence-electron chi connectivity index (χ4n) is 2.12. The minimum Gasteiger partial charge on any atom is -0.355 e. The molecule has 0 aliphatic carbocycles. The van der Waals surface area contributed by atoms with Gasteiger partial charge >= 0.3 is 0 Å². The van der Waals surface area contributed by atoms with E-state index in [0.717, 1.165) is 31.5 Å². The van der Waals surface area contributed by atoms with Crippen molar-refractivity contribution in [2.45, 2.75) is 39.5 Å². The zero-order valence-corrected chi connectivity index (χ0v) is 13.1. The summed E-state index contributed by atoms with van der Waals surface area (Å²) in [6, 6.07) is 9.61. The predicted octanol–water partition coefficient (Wildman–Crippen LogP) is 2.38. The van der Waals surface area contributed by atoms with Gasteiger partial charge in [-0.3, -0.25) is 9.59 Å². The highest BCUT2D eigenvalue weighted by atomic mass is 16.2. The van der Waals surface area contributed by atoms with Crippen molar-refractivity contribution in [3.8, 4) is 0 Å². The highest BCUT2D eigenvalue weighted by Crippen LogP contribution is 2.00. The second-order valence-corrected chi connectivity index (χ2v) is 5.09. The summed E-state index contributed by atoms with van der Waals surface area (Å²) in [5, 5.41) is 2.81. The third-order valence-corrected chi connectivity index (χ3v) is 3.38. The smallest absolute Gasteiger partial charge is 0.224 e. The second kappa shape index (κ2) is 9.97. The van der Waals surface area contributed by atoms with Gasteiger partial charge in [0.1, 0.15) is 0 Å². The molecule has 0 unspecified atom stereocenters. The molecule has 4 heteroatoms. The van der Waals surface area contributed by atoms with Crippen molar-refractivity contribution in [1.29, 1.82) is 0 Å². The van der Waals surface area contributed by atoms with E-state index in [0.29, 0.717) is 19.4 Å². The van der Waals surface area contributed by atoms with Gasteiger partial charge in [-0.2, -0.15) is 0 Å². The molecule has 1 aromatic rings. The lowest BCUT2D eigenvalue weighted by molar-refractivity contribution is -0.131. The summed E-state index contributed by atoms with van der Waals surface area (Å²) in [7, 11) is 0. The minimum absolute atomic E-state index is 0.0365. The number of hydrogen-bond donors (Lipinski definition) is 1. The van der Waals surface area contributed by atoms with E-state index >= 15 is 0 Å². The Hall–Kier alpha value is -1.84. The van der Waals surface area contributed by atoms with Crippen LogP contribution in [0, 0.1) is 0 Å². The normalized spacial score (nSPS) is 10.2. The Morgan fingerprint density at radius 3 is 2.48 bits per heavy atom. The molecule has 0 heterocycles. The molecule has 0 radical (unpaired) electrons. The summed E-state index contributed by atoms with van der Waals surface area (Å²) in [5.74, 6) is 0.0802. The molecular weight excluding hydrogens is 264 g/mol. The highest BCUT2D eigenvalue weighted by molar-refractivity contribution is 5.80. The van der Waals surface area contributed by atoms with Crippen LogP contribution < -0.4 is 5.32 Å². The van der Waals surface area contributed by atoms with Crippen LogP contribution in [0.25, 0.3) is 0 Å². The molecule has 1 N–H and O–H groups in total. The molecule has 4 nitrogen and oxygen atoms in total. The molecule has 0 fully saturated rings. The van der Waals surface area contributed by atoms with Gasteiger partial charge in [0.05, 0.1) is 6.42 Å². The van der Waals surface area contributed by atoms with Crippen molar-refractivity contribution in [3.05, 3.63) is 35.9 Å². The van der Waals surface area contributed by atoms with Gasteiger partial charge in [0.25, 0.3) is 0 Å². The summed E-state index contributed by atoms with van der Waals surface area (Å²) < 4.78 is 0. The molecule has 0 saturated heterocycles. The third kappa shape index (κ3) is 6.93. The van der Waals surface area contributed by atoms with Crippen molar-refractivity contribution in [1.82, 2.24) is 10.2 Å². The van der Waals surface area contributed by atoms with E-state index < -0.39 is 0 Å². The molecule has 0 spiro atoms. The van der Waals surface area contributed by atoms with Gasteiger partial charge in [-0.05, 0) is 18.9 Å². The van der Waals surface area contributed by atoms with Gasteiger partial charge < -0.3 is 10.2 Å². The van der Waals surface area contributed by atoms with E-state index in [1.165, 1.54) is 0 Å². The first-order valence-electron chi connectivity index (χ1n) is 7.75. The summed E-state index contributed by atoms with van der Waals surface area (Å²) in [6.45, 7) is 6.05. The molecule has 116 valence electrons. The lowest BCUT2D eigenvalue weighted by atomic mass is 10.1. The van der Waals surface area contributed by atoms with Crippen LogP contribution in [0.15, 0.2) is 30.3 Å². The Kier molecular flexibility index (Phi) is 8.17. The first-order chi connectivity index (χ1) is 10.2. The van der Waals surface area contributed by atoms with Crippen LogP contribution in [0.1, 0.15) is 38.7 Å². The Morgan fingerprint density at radius 1 is 1.14 bits per heavy atom. The van der Waals surface area contributed by atoms with Crippen molar-refractivity contribution >= 4 is 11.8 Å². The Morgan fingerprint density at radius 2 is 1.86 bits per heavy atom. The summed E-state index contributed by atoms with van der Waals surface area (Å²) in [6.07, 6.45) is 2.85. The maximum atomic E-state index is 12.0. The van der Waals surface area contributed by atoms with Gasteiger partial charge in [0.15, 0.2) is 0 Å². The van der Waals surface area contributed by atoms with Crippen molar-refractivity contribution in [2.75, 3.05) is 19.6 Å². The van der Waals surface area contributed by atoms with Gasteiger partial charge in [-0.15, -0.1) is 0 Å². The number of unbranched alkanes of at least 4 members (excludes halogenated alkanes) is 1. The number of benzene rings is 1. The topological polar surface area (TPSA) is 49.4 Å². The van der Waals surface area contributed by atoms with Crippen LogP contribution in [0.5, 0.6) is 0 Å². The standard InChI is InChI=1S/C17H26N2O2/c1-3-5-13-19(4-2)17(21)11-12-18-16(20)14-15-9-7-6-8-10-15/h6-10H,3-5,11-14H2,1-2H3,(H,18,20). The molecular formula is C17H26N2O2. The Bertz CT molecular complexity index is 432. The maximum absolute atomic E-state index is 12.0.